The summed E-state index contributed by atoms with van der Waals surface area (Å²) in [6, 6.07) is 17.2. The van der Waals surface area contributed by atoms with Gasteiger partial charge in [0.2, 0.25) is 0 Å². The van der Waals surface area contributed by atoms with Gasteiger partial charge in [-0.3, -0.25) is 14.2 Å². The molecule has 4 rings (SSSR count). The number of hydrogen-bond donors (Lipinski definition) is 0. The number of nitrogens with zero attached hydrogens (tertiary/aromatic N) is 2. The Bertz CT molecular complexity index is 1290. The number of ether oxygens (including phenoxy) is 1. The number of Topliss-reactive ketones (excluding diaryl/α,β-unsaturated/α-hetero) is 1. The molecule has 0 amide bonds. The molecule has 0 atom stereocenters. The van der Waals surface area contributed by atoms with E-state index in [2.05, 4.69) is 0 Å². The standard InChI is InChI=1S/C21H16N2O4S/c1-27-16-9-5-8-15(12-16)23-20(25)19-17(10-11-28-19)22(21(23)26)13-18(24)14-6-3-2-4-7-14/h2-12H,13H2,1H3. The second-order valence-corrected chi connectivity index (χ2v) is 7.05. The number of methoxy groups -OCH3 is 1. The monoisotopic (exact) mass is 392 g/mol. The average Bonchev–Trinajstić information content (AvgIpc) is 3.22. The Morgan fingerprint density at radius 2 is 1.82 bits per heavy atom. The van der Waals surface area contributed by atoms with Crippen LogP contribution in [0.1, 0.15) is 10.4 Å². The van der Waals surface area contributed by atoms with Gasteiger partial charge in [-0.15, -0.1) is 11.3 Å². The van der Waals surface area contributed by atoms with Gasteiger partial charge in [-0.25, -0.2) is 9.36 Å². The van der Waals surface area contributed by atoms with Crippen molar-refractivity contribution in [2.75, 3.05) is 7.11 Å². The van der Waals surface area contributed by atoms with Crippen molar-refractivity contribution in [3.8, 4) is 11.4 Å². The Balaban J connectivity index is 1.92. The lowest BCUT2D eigenvalue weighted by molar-refractivity contribution is 0.0971. The van der Waals surface area contributed by atoms with Gasteiger partial charge in [0.15, 0.2) is 5.78 Å². The van der Waals surface area contributed by atoms with Crippen LogP contribution >= 0.6 is 11.3 Å². The normalized spacial score (nSPS) is 10.9. The maximum atomic E-state index is 13.2. The first-order valence-corrected chi connectivity index (χ1v) is 9.44. The molecule has 0 spiro atoms. The topological polar surface area (TPSA) is 70.3 Å². The molecule has 4 aromatic rings. The molecule has 140 valence electrons. The number of rotatable bonds is 5. The lowest BCUT2D eigenvalue weighted by Crippen LogP contribution is -2.39. The Hall–Kier alpha value is -3.45. The van der Waals surface area contributed by atoms with E-state index in [1.54, 1.807) is 60.0 Å². The average molecular weight is 392 g/mol. The van der Waals surface area contributed by atoms with E-state index < -0.39 is 11.2 Å². The van der Waals surface area contributed by atoms with E-state index in [1.165, 1.54) is 23.0 Å². The number of carbonyl (C=O) groups is 1. The summed E-state index contributed by atoms with van der Waals surface area (Å²) in [5.74, 6) is 0.327. The highest BCUT2D eigenvalue weighted by molar-refractivity contribution is 7.17. The van der Waals surface area contributed by atoms with Crippen LogP contribution in [-0.2, 0) is 6.54 Å². The van der Waals surface area contributed by atoms with Crippen LogP contribution in [-0.4, -0.2) is 22.0 Å². The first-order valence-electron chi connectivity index (χ1n) is 8.56. The van der Waals surface area contributed by atoms with Crippen molar-refractivity contribution in [3.05, 3.63) is 92.4 Å². The maximum absolute atomic E-state index is 13.2. The zero-order valence-corrected chi connectivity index (χ0v) is 15.8. The molecule has 6 nitrogen and oxygen atoms in total. The minimum absolute atomic E-state index is 0.152. The maximum Gasteiger partial charge on any atom is 0.336 e. The molecule has 2 aromatic carbocycles. The van der Waals surface area contributed by atoms with Crippen molar-refractivity contribution < 1.29 is 9.53 Å². The number of aromatic nitrogens is 2. The van der Waals surface area contributed by atoms with Gasteiger partial charge in [-0.05, 0) is 23.6 Å². The molecule has 0 saturated carbocycles. The van der Waals surface area contributed by atoms with Crippen molar-refractivity contribution in [2.45, 2.75) is 6.54 Å². The van der Waals surface area contributed by atoms with Crippen LogP contribution in [0.2, 0.25) is 0 Å². The number of thiophene rings is 1. The van der Waals surface area contributed by atoms with E-state index in [0.717, 1.165) is 4.57 Å². The second kappa shape index (κ2) is 7.28. The summed E-state index contributed by atoms with van der Waals surface area (Å²) in [5, 5.41) is 1.74. The van der Waals surface area contributed by atoms with E-state index in [1.807, 2.05) is 6.07 Å². The molecule has 28 heavy (non-hydrogen) atoms. The van der Waals surface area contributed by atoms with Gasteiger partial charge in [0.1, 0.15) is 10.4 Å². The summed E-state index contributed by atoms with van der Waals surface area (Å²) < 4.78 is 8.06. The minimum atomic E-state index is -0.562. The largest absolute Gasteiger partial charge is 0.497 e. The fourth-order valence-electron chi connectivity index (χ4n) is 3.08. The van der Waals surface area contributed by atoms with Crippen LogP contribution in [0, 0.1) is 0 Å². The third-order valence-corrected chi connectivity index (χ3v) is 5.36. The minimum Gasteiger partial charge on any atom is -0.497 e. The van der Waals surface area contributed by atoms with Crippen LogP contribution in [0.25, 0.3) is 15.9 Å². The summed E-state index contributed by atoms with van der Waals surface area (Å²) >= 11 is 1.24. The predicted octanol–water partition coefficient (Wildman–Crippen LogP) is 3.11. The molecule has 0 aliphatic heterocycles. The molecule has 7 heteroatoms. The van der Waals surface area contributed by atoms with Gasteiger partial charge >= 0.3 is 5.69 Å². The molecule has 0 aliphatic rings. The van der Waals surface area contributed by atoms with Crippen molar-refractivity contribution in [2.24, 2.45) is 0 Å². The highest BCUT2D eigenvalue weighted by Crippen LogP contribution is 2.19. The van der Waals surface area contributed by atoms with Crippen molar-refractivity contribution in [3.63, 3.8) is 0 Å². The molecule has 2 heterocycles. The second-order valence-electron chi connectivity index (χ2n) is 6.13. The number of hydrogen-bond acceptors (Lipinski definition) is 5. The molecule has 0 radical (unpaired) electrons. The van der Waals surface area contributed by atoms with Gasteiger partial charge in [-0.2, -0.15) is 0 Å². The summed E-state index contributed by atoms with van der Waals surface area (Å²) in [6.07, 6.45) is 0. The van der Waals surface area contributed by atoms with E-state index >= 15 is 0 Å². The van der Waals surface area contributed by atoms with Crippen LogP contribution in [0.3, 0.4) is 0 Å². The van der Waals surface area contributed by atoms with Gasteiger partial charge in [0.05, 0.1) is 24.9 Å². The predicted molar refractivity (Wildman–Crippen MR) is 109 cm³/mol. The zero-order chi connectivity index (χ0) is 19.7. The fourth-order valence-corrected chi connectivity index (χ4v) is 3.90. The Labute approximate surface area is 163 Å². The Morgan fingerprint density at radius 1 is 1.04 bits per heavy atom. The van der Waals surface area contributed by atoms with Crippen molar-refractivity contribution >= 4 is 27.3 Å². The smallest absolute Gasteiger partial charge is 0.336 e. The van der Waals surface area contributed by atoms with Gasteiger partial charge < -0.3 is 4.74 Å². The third-order valence-electron chi connectivity index (χ3n) is 4.46. The lowest BCUT2D eigenvalue weighted by atomic mass is 10.1. The molecular weight excluding hydrogens is 376 g/mol. The molecule has 0 N–H and O–H groups in total. The highest BCUT2D eigenvalue weighted by atomic mass is 32.1. The van der Waals surface area contributed by atoms with E-state index in [9.17, 15) is 14.4 Å². The first kappa shape index (κ1) is 17.9. The molecule has 0 fully saturated rings. The lowest BCUT2D eigenvalue weighted by Gasteiger charge is -2.12. The van der Waals surface area contributed by atoms with E-state index in [4.69, 9.17) is 4.74 Å². The SMILES string of the molecule is COc1cccc(-n2c(=O)c3sccc3n(CC(=O)c3ccccc3)c2=O)c1. The molecule has 0 saturated heterocycles. The Morgan fingerprint density at radius 3 is 2.57 bits per heavy atom. The van der Waals surface area contributed by atoms with E-state index in [-0.39, 0.29) is 12.3 Å². The van der Waals surface area contributed by atoms with Crippen molar-refractivity contribution in [1.82, 2.24) is 9.13 Å². The third kappa shape index (κ3) is 3.05. The van der Waals surface area contributed by atoms with Crippen LogP contribution < -0.4 is 16.0 Å². The number of ketones is 1. The fraction of sp³-hybridized carbons (Fsp3) is 0.0952. The molecular formula is C21H16N2O4S. The van der Waals surface area contributed by atoms with E-state index in [0.29, 0.717) is 27.2 Å². The summed E-state index contributed by atoms with van der Waals surface area (Å²) in [7, 11) is 1.52. The number of fused-ring (bicyclic) bond motifs is 1. The first-order chi connectivity index (χ1) is 13.6. The number of benzene rings is 2. The van der Waals surface area contributed by atoms with Gasteiger partial charge in [0, 0.05) is 11.6 Å². The van der Waals surface area contributed by atoms with Crippen molar-refractivity contribution in [1.29, 1.82) is 0 Å². The zero-order valence-electron chi connectivity index (χ0n) is 15.0. The molecule has 0 unspecified atom stereocenters. The number of carbonyl (C=O) groups excluding carboxylic acids is 1. The summed E-state index contributed by atoms with van der Waals surface area (Å²) in [5.41, 5.74) is 0.394. The summed E-state index contributed by atoms with van der Waals surface area (Å²) in [4.78, 5) is 38.9. The quantitative estimate of drug-likeness (QED) is 0.490. The molecule has 0 bridgehead atoms. The summed E-state index contributed by atoms with van der Waals surface area (Å²) in [6.45, 7) is -0.152. The highest BCUT2D eigenvalue weighted by Gasteiger charge is 2.18. The van der Waals surface area contributed by atoms with Crippen LogP contribution in [0.5, 0.6) is 5.75 Å². The molecule has 2 aromatic heterocycles. The van der Waals surface area contributed by atoms with Gasteiger partial charge in [0.25, 0.3) is 5.56 Å². The van der Waals surface area contributed by atoms with Gasteiger partial charge in [-0.1, -0.05) is 36.4 Å². The van der Waals surface area contributed by atoms with Crippen LogP contribution in [0.15, 0.2) is 75.6 Å². The molecule has 0 aliphatic carbocycles. The Kier molecular flexibility index (Phi) is 4.67. The van der Waals surface area contributed by atoms with Crippen LogP contribution in [0.4, 0.5) is 0 Å².